The molecule has 0 unspecified atom stereocenters. The second kappa shape index (κ2) is 7.77. The zero-order valence-electron chi connectivity index (χ0n) is 13.5. The average molecular weight is 358 g/mol. The van der Waals surface area contributed by atoms with Gasteiger partial charge in [-0.05, 0) is 48.5 Å². The van der Waals surface area contributed by atoms with Crippen LogP contribution in [0.2, 0.25) is 5.02 Å². The van der Waals surface area contributed by atoms with Gasteiger partial charge in [-0.2, -0.15) is 0 Å². The minimum absolute atomic E-state index is 0.195. The van der Waals surface area contributed by atoms with Gasteiger partial charge in [-0.1, -0.05) is 23.7 Å². The molecule has 3 rings (SSSR count). The normalized spacial score (nSPS) is 10.3. The maximum absolute atomic E-state index is 12.3. The minimum Gasteiger partial charge on any atom is -0.495 e. The summed E-state index contributed by atoms with van der Waals surface area (Å²) in [6.45, 7) is 0.212. The standard InChI is InChI=1S/C19H16ClNO4/c1-23-17-5-3-2-4-16(17)21-19(22)18-11-10-15(25-18)12-24-14-8-6-13(20)7-9-14/h2-11H,12H2,1H3,(H,21,22). The number of para-hydroxylation sites is 2. The zero-order valence-corrected chi connectivity index (χ0v) is 14.2. The van der Waals surface area contributed by atoms with Crippen molar-refractivity contribution in [1.29, 1.82) is 0 Å². The molecule has 0 aliphatic heterocycles. The van der Waals surface area contributed by atoms with Crippen LogP contribution in [0.15, 0.2) is 65.1 Å². The van der Waals surface area contributed by atoms with Crippen LogP contribution in [-0.2, 0) is 6.61 Å². The molecule has 0 radical (unpaired) electrons. The lowest BCUT2D eigenvalue weighted by atomic mass is 10.3. The van der Waals surface area contributed by atoms with Crippen LogP contribution in [-0.4, -0.2) is 13.0 Å². The highest BCUT2D eigenvalue weighted by Gasteiger charge is 2.13. The summed E-state index contributed by atoms with van der Waals surface area (Å²) < 4.78 is 16.3. The Kier molecular flexibility index (Phi) is 5.26. The molecule has 25 heavy (non-hydrogen) atoms. The predicted molar refractivity (Wildman–Crippen MR) is 95.4 cm³/mol. The molecule has 0 aliphatic carbocycles. The molecule has 128 valence electrons. The summed E-state index contributed by atoms with van der Waals surface area (Å²) in [6.07, 6.45) is 0. The summed E-state index contributed by atoms with van der Waals surface area (Å²) in [5.41, 5.74) is 0.574. The van der Waals surface area contributed by atoms with E-state index in [4.69, 9.17) is 25.5 Å². The topological polar surface area (TPSA) is 60.7 Å². The minimum atomic E-state index is -0.359. The number of rotatable bonds is 6. The molecule has 0 aliphatic rings. The fourth-order valence-electron chi connectivity index (χ4n) is 2.19. The number of ether oxygens (including phenoxy) is 2. The summed E-state index contributed by atoms with van der Waals surface area (Å²) in [7, 11) is 1.55. The first kappa shape index (κ1) is 16.9. The summed E-state index contributed by atoms with van der Waals surface area (Å²) in [4.78, 5) is 12.3. The molecule has 3 aromatic rings. The molecule has 6 heteroatoms. The number of benzene rings is 2. The van der Waals surface area contributed by atoms with Crippen LogP contribution in [0.4, 0.5) is 5.69 Å². The first-order valence-corrected chi connectivity index (χ1v) is 7.95. The summed E-state index contributed by atoms with van der Waals surface area (Å²) >= 11 is 5.83. The van der Waals surface area contributed by atoms with E-state index in [0.29, 0.717) is 28.0 Å². The molecule has 0 saturated heterocycles. The third-order valence-corrected chi connectivity index (χ3v) is 3.69. The van der Waals surface area contributed by atoms with E-state index < -0.39 is 0 Å². The van der Waals surface area contributed by atoms with Gasteiger partial charge in [0.25, 0.3) is 5.91 Å². The van der Waals surface area contributed by atoms with E-state index in [1.807, 2.05) is 12.1 Å². The third kappa shape index (κ3) is 4.33. The smallest absolute Gasteiger partial charge is 0.291 e. The highest BCUT2D eigenvalue weighted by Crippen LogP contribution is 2.24. The average Bonchev–Trinajstić information content (AvgIpc) is 3.11. The SMILES string of the molecule is COc1ccccc1NC(=O)c1ccc(COc2ccc(Cl)cc2)o1. The number of carbonyl (C=O) groups is 1. The zero-order chi connectivity index (χ0) is 17.6. The third-order valence-electron chi connectivity index (χ3n) is 3.44. The lowest BCUT2D eigenvalue weighted by Crippen LogP contribution is -2.11. The van der Waals surface area contributed by atoms with Crippen molar-refractivity contribution < 1.29 is 18.7 Å². The summed E-state index contributed by atoms with van der Waals surface area (Å²) in [5.74, 6) is 1.62. The number of halogens is 1. The highest BCUT2D eigenvalue weighted by molar-refractivity contribution is 6.30. The van der Waals surface area contributed by atoms with E-state index in [9.17, 15) is 4.79 Å². The van der Waals surface area contributed by atoms with Gasteiger partial charge in [0.05, 0.1) is 12.8 Å². The van der Waals surface area contributed by atoms with Crippen LogP contribution in [0.25, 0.3) is 0 Å². The highest BCUT2D eigenvalue weighted by atomic mass is 35.5. The maximum atomic E-state index is 12.3. The predicted octanol–water partition coefficient (Wildman–Crippen LogP) is 4.77. The summed E-state index contributed by atoms with van der Waals surface area (Å²) in [6, 6.07) is 17.5. The summed E-state index contributed by atoms with van der Waals surface area (Å²) in [5, 5.41) is 3.40. The number of amides is 1. The number of nitrogens with one attached hydrogen (secondary N) is 1. The quantitative estimate of drug-likeness (QED) is 0.690. The van der Waals surface area contributed by atoms with Gasteiger partial charge < -0.3 is 19.2 Å². The van der Waals surface area contributed by atoms with Crippen molar-refractivity contribution >= 4 is 23.2 Å². The van der Waals surface area contributed by atoms with Crippen molar-refractivity contribution in [3.05, 3.63) is 77.2 Å². The first-order chi connectivity index (χ1) is 12.2. The number of anilines is 1. The van der Waals surface area contributed by atoms with Crippen LogP contribution in [0.3, 0.4) is 0 Å². The second-order valence-electron chi connectivity index (χ2n) is 5.16. The Balaban J connectivity index is 1.62. The molecule has 2 aromatic carbocycles. The van der Waals surface area contributed by atoms with Gasteiger partial charge in [-0.3, -0.25) is 4.79 Å². The van der Waals surface area contributed by atoms with E-state index in [2.05, 4.69) is 5.32 Å². The maximum Gasteiger partial charge on any atom is 0.291 e. The lowest BCUT2D eigenvalue weighted by molar-refractivity contribution is 0.0992. The Hall–Kier alpha value is -2.92. The van der Waals surface area contributed by atoms with Gasteiger partial charge in [0.2, 0.25) is 0 Å². The van der Waals surface area contributed by atoms with Crippen LogP contribution >= 0.6 is 11.6 Å². The van der Waals surface area contributed by atoms with E-state index in [0.717, 1.165) is 0 Å². The Morgan fingerprint density at radius 1 is 1.08 bits per heavy atom. The van der Waals surface area contributed by atoms with Gasteiger partial charge in [0.1, 0.15) is 23.9 Å². The van der Waals surface area contributed by atoms with Crippen molar-refractivity contribution in [3.63, 3.8) is 0 Å². The Labute approximate surface area is 150 Å². The number of furan rings is 1. The van der Waals surface area contributed by atoms with E-state index in [1.165, 1.54) is 0 Å². The van der Waals surface area contributed by atoms with Gasteiger partial charge in [-0.15, -0.1) is 0 Å². The molecule has 0 atom stereocenters. The molecule has 5 nitrogen and oxygen atoms in total. The molecule has 1 heterocycles. The molecule has 1 N–H and O–H groups in total. The molecule has 1 amide bonds. The van der Waals surface area contributed by atoms with Gasteiger partial charge >= 0.3 is 0 Å². The van der Waals surface area contributed by atoms with Crippen molar-refractivity contribution in [2.45, 2.75) is 6.61 Å². The Morgan fingerprint density at radius 2 is 1.84 bits per heavy atom. The fourth-order valence-corrected chi connectivity index (χ4v) is 2.32. The molecule has 0 bridgehead atoms. The molecule has 0 saturated carbocycles. The van der Waals surface area contributed by atoms with E-state index >= 15 is 0 Å². The molecular formula is C19H16ClNO4. The largest absolute Gasteiger partial charge is 0.495 e. The van der Waals surface area contributed by atoms with Crippen LogP contribution in [0.5, 0.6) is 11.5 Å². The molecular weight excluding hydrogens is 342 g/mol. The van der Waals surface area contributed by atoms with Gasteiger partial charge in [0, 0.05) is 5.02 Å². The fraction of sp³-hybridized carbons (Fsp3) is 0.105. The van der Waals surface area contributed by atoms with Crippen molar-refractivity contribution in [2.75, 3.05) is 12.4 Å². The Bertz CT molecular complexity index is 858. The number of hydrogen-bond acceptors (Lipinski definition) is 4. The first-order valence-electron chi connectivity index (χ1n) is 7.57. The molecule has 1 aromatic heterocycles. The Morgan fingerprint density at radius 3 is 2.60 bits per heavy atom. The van der Waals surface area contributed by atoms with Crippen LogP contribution < -0.4 is 14.8 Å². The van der Waals surface area contributed by atoms with E-state index in [-0.39, 0.29) is 18.3 Å². The number of methoxy groups -OCH3 is 1. The van der Waals surface area contributed by atoms with E-state index in [1.54, 1.807) is 55.6 Å². The molecule has 0 fully saturated rings. The number of carbonyl (C=O) groups excluding carboxylic acids is 1. The molecule has 0 spiro atoms. The van der Waals surface area contributed by atoms with Crippen LogP contribution in [0, 0.1) is 0 Å². The lowest BCUT2D eigenvalue weighted by Gasteiger charge is -2.08. The monoisotopic (exact) mass is 357 g/mol. The number of hydrogen-bond donors (Lipinski definition) is 1. The van der Waals surface area contributed by atoms with Crippen molar-refractivity contribution in [2.24, 2.45) is 0 Å². The van der Waals surface area contributed by atoms with Crippen LogP contribution in [0.1, 0.15) is 16.3 Å². The van der Waals surface area contributed by atoms with Crippen molar-refractivity contribution in [1.82, 2.24) is 0 Å². The van der Waals surface area contributed by atoms with Gasteiger partial charge in [0.15, 0.2) is 5.76 Å². The van der Waals surface area contributed by atoms with Crippen molar-refractivity contribution in [3.8, 4) is 11.5 Å². The van der Waals surface area contributed by atoms with Gasteiger partial charge in [-0.25, -0.2) is 0 Å². The second-order valence-corrected chi connectivity index (χ2v) is 5.60.